The minimum absolute atomic E-state index is 0.307. The molecule has 0 radical (unpaired) electrons. The SMILES string of the molecule is CNC(C)c1cnn(Cc2ncnn2C(C)C)c1. The highest BCUT2D eigenvalue weighted by Crippen LogP contribution is 2.11. The topological polar surface area (TPSA) is 60.6 Å². The summed E-state index contributed by atoms with van der Waals surface area (Å²) in [7, 11) is 1.94. The fourth-order valence-corrected chi connectivity index (χ4v) is 1.82. The third-order valence-electron chi connectivity index (χ3n) is 3.03. The Bertz CT molecular complexity index is 498. The highest BCUT2D eigenvalue weighted by molar-refractivity contribution is 5.09. The first-order valence-corrected chi connectivity index (χ1v) is 6.19. The van der Waals surface area contributed by atoms with Crippen LogP contribution in [0.3, 0.4) is 0 Å². The largest absolute Gasteiger partial charge is 0.313 e. The number of rotatable bonds is 5. The van der Waals surface area contributed by atoms with Gasteiger partial charge >= 0.3 is 0 Å². The van der Waals surface area contributed by atoms with Gasteiger partial charge in [0.25, 0.3) is 0 Å². The first-order chi connectivity index (χ1) is 8.61. The summed E-state index contributed by atoms with van der Waals surface area (Å²) in [6.07, 6.45) is 5.52. The van der Waals surface area contributed by atoms with Gasteiger partial charge in [0.1, 0.15) is 18.7 Å². The maximum atomic E-state index is 4.36. The molecule has 0 saturated heterocycles. The Labute approximate surface area is 107 Å². The first kappa shape index (κ1) is 12.8. The third-order valence-corrected chi connectivity index (χ3v) is 3.03. The summed E-state index contributed by atoms with van der Waals surface area (Å²) in [4.78, 5) is 4.28. The van der Waals surface area contributed by atoms with Crippen LogP contribution in [0.25, 0.3) is 0 Å². The van der Waals surface area contributed by atoms with Gasteiger partial charge in [0, 0.05) is 23.8 Å². The van der Waals surface area contributed by atoms with Gasteiger partial charge in [0.15, 0.2) is 0 Å². The van der Waals surface area contributed by atoms with Gasteiger partial charge in [-0.2, -0.15) is 10.2 Å². The van der Waals surface area contributed by atoms with Crippen molar-refractivity contribution < 1.29 is 0 Å². The molecule has 0 amide bonds. The summed E-state index contributed by atoms with van der Waals surface area (Å²) < 4.78 is 3.81. The van der Waals surface area contributed by atoms with E-state index in [0.717, 1.165) is 5.82 Å². The van der Waals surface area contributed by atoms with E-state index in [2.05, 4.69) is 41.3 Å². The number of aromatic nitrogens is 5. The zero-order valence-corrected chi connectivity index (χ0v) is 11.3. The molecular formula is C12H20N6. The minimum atomic E-state index is 0.307. The second-order valence-corrected chi connectivity index (χ2v) is 4.70. The highest BCUT2D eigenvalue weighted by atomic mass is 15.4. The van der Waals surface area contributed by atoms with E-state index >= 15 is 0 Å². The Hall–Kier alpha value is -1.69. The van der Waals surface area contributed by atoms with Crippen molar-refractivity contribution in [1.82, 2.24) is 29.9 Å². The molecule has 2 rings (SSSR count). The van der Waals surface area contributed by atoms with Crippen LogP contribution in [0.1, 0.15) is 44.2 Å². The highest BCUT2D eigenvalue weighted by Gasteiger charge is 2.10. The maximum Gasteiger partial charge on any atom is 0.148 e. The van der Waals surface area contributed by atoms with E-state index < -0.39 is 0 Å². The third kappa shape index (κ3) is 2.59. The van der Waals surface area contributed by atoms with Crippen molar-refractivity contribution in [3.8, 4) is 0 Å². The van der Waals surface area contributed by atoms with Gasteiger partial charge in [-0.1, -0.05) is 0 Å². The van der Waals surface area contributed by atoms with Crippen LogP contribution in [0.5, 0.6) is 0 Å². The molecule has 0 spiro atoms. The van der Waals surface area contributed by atoms with Crippen molar-refractivity contribution in [2.24, 2.45) is 0 Å². The molecule has 2 aromatic heterocycles. The van der Waals surface area contributed by atoms with Crippen molar-refractivity contribution in [2.45, 2.75) is 39.4 Å². The Morgan fingerprint density at radius 2 is 2.06 bits per heavy atom. The van der Waals surface area contributed by atoms with E-state index in [9.17, 15) is 0 Å². The Morgan fingerprint density at radius 1 is 1.28 bits per heavy atom. The second kappa shape index (κ2) is 5.30. The molecule has 0 saturated carbocycles. The molecule has 18 heavy (non-hydrogen) atoms. The van der Waals surface area contributed by atoms with Crippen molar-refractivity contribution in [3.05, 3.63) is 30.1 Å². The number of nitrogens with one attached hydrogen (secondary N) is 1. The van der Waals surface area contributed by atoms with Gasteiger partial charge in [-0.05, 0) is 27.8 Å². The van der Waals surface area contributed by atoms with Gasteiger partial charge in [0.05, 0.1) is 6.20 Å². The van der Waals surface area contributed by atoms with Gasteiger partial charge in [-0.15, -0.1) is 0 Å². The average Bonchev–Trinajstić information content (AvgIpc) is 2.97. The molecular weight excluding hydrogens is 228 g/mol. The monoisotopic (exact) mass is 248 g/mol. The Kier molecular flexibility index (Phi) is 3.76. The summed E-state index contributed by atoms with van der Waals surface area (Å²) in [5, 5.41) is 11.8. The molecule has 0 bridgehead atoms. The molecule has 6 heteroatoms. The molecule has 2 heterocycles. The van der Waals surface area contributed by atoms with Crippen molar-refractivity contribution >= 4 is 0 Å². The molecule has 1 unspecified atom stereocenters. The predicted octanol–water partition coefficient (Wildman–Crippen LogP) is 1.38. The van der Waals surface area contributed by atoms with Crippen LogP contribution in [-0.4, -0.2) is 31.6 Å². The predicted molar refractivity (Wildman–Crippen MR) is 69.2 cm³/mol. The fraction of sp³-hybridized carbons (Fsp3) is 0.583. The Morgan fingerprint density at radius 3 is 2.72 bits per heavy atom. The molecule has 6 nitrogen and oxygen atoms in total. The molecule has 2 aromatic rings. The summed E-state index contributed by atoms with van der Waals surface area (Å²) in [5.74, 6) is 0.928. The van der Waals surface area contributed by atoms with Crippen LogP contribution in [0.2, 0.25) is 0 Å². The lowest BCUT2D eigenvalue weighted by molar-refractivity contribution is 0.488. The van der Waals surface area contributed by atoms with Crippen LogP contribution in [0, 0.1) is 0 Å². The average molecular weight is 248 g/mol. The molecule has 0 fully saturated rings. The molecule has 98 valence electrons. The molecule has 0 aromatic carbocycles. The zero-order valence-electron chi connectivity index (χ0n) is 11.3. The van der Waals surface area contributed by atoms with Crippen molar-refractivity contribution in [2.75, 3.05) is 7.05 Å². The van der Waals surface area contributed by atoms with Gasteiger partial charge in [-0.3, -0.25) is 4.68 Å². The Balaban J connectivity index is 2.14. The summed E-state index contributed by atoms with van der Waals surface area (Å²) >= 11 is 0. The summed E-state index contributed by atoms with van der Waals surface area (Å²) in [6.45, 7) is 6.94. The molecule has 0 aliphatic carbocycles. The lowest BCUT2D eigenvalue weighted by atomic mass is 10.2. The standard InChI is InChI=1S/C12H20N6/c1-9(2)18-12(14-8-16-18)7-17-6-11(5-15-17)10(3)13-4/h5-6,8-10,13H,7H2,1-4H3. The fourth-order valence-electron chi connectivity index (χ4n) is 1.82. The van der Waals surface area contributed by atoms with E-state index in [4.69, 9.17) is 0 Å². The number of hydrogen-bond donors (Lipinski definition) is 1. The van der Waals surface area contributed by atoms with Crippen LogP contribution in [0.15, 0.2) is 18.7 Å². The van der Waals surface area contributed by atoms with Crippen LogP contribution in [0.4, 0.5) is 0 Å². The maximum absolute atomic E-state index is 4.36. The number of hydrogen-bond acceptors (Lipinski definition) is 4. The zero-order chi connectivity index (χ0) is 13.1. The molecule has 0 aliphatic heterocycles. The van der Waals surface area contributed by atoms with Crippen molar-refractivity contribution in [1.29, 1.82) is 0 Å². The normalized spacial score (nSPS) is 13.2. The van der Waals surface area contributed by atoms with E-state index in [1.807, 2.05) is 28.8 Å². The second-order valence-electron chi connectivity index (χ2n) is 4.70. The molecule has 1 N–H and O–H groups in total. The van der Waals surface area contributed by atoms with Crippen LogP contribution >= 0.6 is 0 Å². The van der Waals surface area contributed by atoms with Gasteiger partial charge in [0.2, 0.25) is 0 Å². The van der Waals surface area contributed by atoms with E-state index in [1.165, 1.54) is 5.56 Å². The lowest BCUT2D eigenvalue weighted by Gasteiger charge is -2.09. The smallest absolute Gasteiger partial charge is 0.148 e. The van der Waals surface area contributed by atoms with Crippen LogP contribution in [-0.2, 0) is 6.54 Å². The number of nitrogens with zero attached hydrogens (tertiary/aromatic N) is 5. The van der Waals surface area contributed by atoms with Crippen molar-refractivity contribution in [3.63, 3.8) is 0 Å². The molecule has 1 atom stereocenters. The summed E-state index contributed by atoms with van der Waals surface area (Å²) in [6, 6.07) is 0.621. The first-order valence-electron chi connectivity index (χ1n) is 6.19. The van der Waals surface area contributed by atoms with Crippen LogP contribution < -0.4 is 5.32 Å². The minimum Gasteiger partial charge on any atom is -0.313 e. The van der Waals surface area contributed by atoms with E-state index in [-0.39, 0.29) is 0 Å². The summed E-state index contributed by atoms with van der Waals surface area (Å²) in [5.41, 5.74) is 1.17. The van der Waals surface area contributed by atoms with Gasteiger partial charge in [-0.25, -0.2) is 9.67 Å². The van der Waals surface area contributed by atoms with E-state index in [0.29, 0.717) is 18.6 Å². The van der Waals surface area contributed by atoms with Gasteiger partial charge < -0.3 is 5.32 Å². The quantitative estimate of drug-likeness (QED) is 0.868. The lowest BCUT2D eigenvalue weighted by Crippen LogP contribution is -2.13. The molecule has 0 aliphatic rings. The van der Waals surface area contributed by atoms with E-state index in [1.54, 1.807) is 6.33 Å².